The number of hydrogen-bond donors (Lipinski definition) is 1. The molecular weight excluding hydrogens is 423 g/mol. The number of carbonyl (C=O) groups is 1. The Morgan fingerprint density at radius 1 is 0.909 bits per heavy atom. The van der Waals surface area contributed by atoms with Gasteiger partial charge in [0.25, 0.3) is 0 Å². The van der Waals surface area contributed by atoms with E-state index in [2.05, 4.69) is 12.2 Å². The van der Waals surface area contributed by atoms with E-state index in [9.17, 15) is 18.0 Å². The quantitative estimate of drug-likeness (QED) is 0.207. The van der Waals surface area contributed by atoms with Gasteiger partial charge in [-0.15, -0.1) is 0 Å². The van der Waals surface area contributed by atoms with Gasteiger partial charge in [0.1, 0.15) is 0 Å². The molecule has 2 nitrogen and oxygen atoms in total. The van der Waals surface area contributed by atoms with Crippen LogP contribution in [-0.4, -0.2) is 18.5 Å². The Balaban J connectivity index is 3.18. The van der Waals surface area contributed by atoms with Gasteiger partial charge in [0.05, 0.1) is 5.57 Å². The fourth-order valence-electron chi connectivity index (χ4n) is 4.00. The molecule has 0 fully saturated rings. The van der Waals surface area contributed by atoms with Crippen molar-refractivity contribution in [1.82, 2.24) is 5.32 Å². The van der Waals surface area contributed by atoms with Gasteiger partial charge in [0.2, 0.25) is 0 Å². The lowest BCUT2D eigenvalue weighted by Crippen LogP contribution is -2.17. The Kier molecular flexibility index (Phi) is 13.2. The molecule has 0 bridgehead atoms. The van der Waals surface area contributed by atoms with Crippen LogP contribution in [0.4, 0.5) is 13.2 Å². The van der Waals surface area contributed by atoms with E-state index >= 15 is 0 Å². The van der Waals surface area contributed by atoms with E-state index in [-0.39, 0.29) is 5.56 Å². The van der Waals surface area contributed by atoms with Crippen molar-refractivity contribution in [2.75, 3.05) is 6.54 Å². The molecule has 1 N–H and O–H groups in total. The summed E-state index contributed by atoms with van der Waals surface area (Å²) >= 11 is 0. The lowest BCUT2D eigenvalue weighted by Gasteiger charge is -2.21. The summed E-state index contributed by atoms with van der Waals surface area (Å²) in [5, 5.41) is 3.40. The predicted molar refractivity (Wildman–Crippen MR) is 134 cm³/mol. The Bertz CT molecular complexity index is 806. The van der Waals surface area contributed by atoms with Gasteiger partial charge in [-0.25, -0.2) is 0 Å². The van der Waals surface area contributed by atoms with Crippen molar-refractivity contribution < 1.29 is 18.0 Å². The standard InChI is InChI=1S/C28H42F3NO/c1-6-8-10-11-12-13-14-19-32-23(5)22(4)25-18-15-17-24(16-9-7-2)27(25)26(20-21(3)33)28(29,30)31/h15,17-18,20,32H,6-14,16,19H2,1-5H3/b23-22-,26-20+. The molecule has 186 valence electrons. The second-order valence-electron chi connectivity index (χ2n) is 8.91. The lowest BCUT2D eigenvalue weighted by molar-refractivity contribution is -0.113. The van der Waals surface area contributed by atoms with Crippen molar-refractivity contribution in [2.24, 2.45) is 0 Å². The summed E-state index contributed by atoms with van der Waals surface area (Å²) in [4.78, 5) is 11.7. The van der Waals surface area contributed by atoms with Crippen LogP contribution in [-0.2, 0) is 11.2 Å². The number of carbonyl (C=O) groups excluding carboxylic acids is 1. The van der Waals surface area contributed by atoms with Gasteiger partial charge >= 0.3 is 6.18 Å². The fourth-order valence-corrected chi connectivity index (χ4v) is 4.00. The van der Waals surface area contributed by atoms with Crippen molar-refractivity contribution in [3.05, 3.63) is 46.7 Å². The highest BCUT2D eigenvalue weighted by molar-refractivity contribution is 5.98. The van der Waals surface area contributed by atoms with Gasteiger partial charge in [-0.1, -0.05) is 77.0 Å². The average molecular weight is 466 g/mol. The first-order valence-corrected chi connectivity index (χ1v) is 12.5. The van der Waals surface area contributed by atoms with Gasteiger partial charge in [0, 0.05) is 12.2 Å². The van der Waals surface area contributed by atoms with Crippen LogP contribution in [0, 0.1) is 0 Å². The molecule has 1 aromatic carbocycles. The molecule has 0 aliphatic heterocycles. The number of ketones is 1. The van der Waals surface area contributed by atoms with Gasteiger partial charge in [-0.05, 0) is 68.4 Å². The van der Waals surface area contributed by atoms with Crippen LogP contribution >= 0.6 is 0 Å². The number of halogens is 3. The second-order valence-corrected chi connectivity index (χ2v) is 8.91. The minimum absolute atomic E-state index is 0.142. The SMILES string of the molecule is CCCCCCCCCN/C(C)=C(/C)c1cccc(CCCC)c1/C(=C\C(C)=O)C(F)(F)F. The molecule has 5 heteroatoms. The highest BCUT2D eigenvalue weighted by atomic mass is 19.4. The molecule has 0 saturated carbocycles. The molecule has 0 spiro atoms. The van der Waals surface area contributed by atoms with Crippen molar-refractivity contribution in [1.29, 1.82) is 0 Å². The monoisotopic (exact) mass is 465 g/mol. The number of rotatable bonds is 15. The van der Waals surface area contributed by atoms with Crippen molar-refractivity contribution in [3.63, 3.8) is 0 Å². The molecule has 0 aliphatic carbocycles. The van der Waals surface area contributed by atoms with Crippen molar-refractivity contribution in [3.8, 4) is 0 Å². The smallest absolute Gasteiger partial charge is 0.388 e. The molecule has 0 aromatic heterocycles. The van der Waals surface area contributed by atoms with Crippen LogP contribution in [0.3, 0.4) is 0 Å². The number of aryl methyl sites for hydroxylation is 1. The average Bonchev–Trinajstić information content (AvgIpc) is 2.76. The first kappa shape index (κ1) is 29.0. The topological polar surface area (TPSA) is 29.1 Å². The molecule has 0 unspecified atom stereocenters. The van der Waals surface area contributed by atoms with Gasteiger partial charge in [-0.2, -0.15) is 13.2 Å². The Labute approximate surface area is 198 Å². The number of alkyl halides is 3. The first-order chi connectivity index (χ1) is 15.6. The summed E-state index contributed by atoms with van der Waals surface area (Å²) in [6.45, 7) is 9.97. The minimum atomic E-state index is -4.61. The van der Waals surface area contributed by atoms with E-state index in [1.165, 1.54) is 32.1 Å². The van der Waals surface area contributed by atoms with Crippen LogP contribution < -0.4 is 5.32 Å². The molecule has 0 amide bonds. The maximum absolute atomic E-state index is 14.1. The van der Waals surface area contributed by atoms with E-state index in [0.717, 1.165) is 56.5 Å². The third kappa shape index (κ3) is 10.2. The number of nitrogens with one attached hydrogen (secondary N) is 1. The van der Waals surface area contributed by atoms with Gasteiger partial charge in [-0.3, -0.25) is 4.79 Å². The van der Waals surface area contributed by atoms with E-state index in [4.69, 9.17) is 0 Å². The molecule has 0 heterocycles. The van der Waals surface area contributed by atoms with E-state index < -0.39 is 17.5 Å². The molecular formula is C28H42F3NO. The molecule has 0 radical (unpaired) electrons. The third-order valence-electron chi connectivity index (χ3n) is 6.01. The van der Waals surface area contributed by atoms with Crippen LogP contribution in [0.25, 0.3) is 11.1 Å². The lowest BCUT2D eigenvalue weighted by atomic mass is 9.87. The van der Waals surface area contributed by atoms with Crippen LogP contribution in [0.2, 0.25) is 0 Å². The Hall–Kier alpha value is -2.04. The summed E-state index contributed by atoms with van der Waals surface area (Å²) in [6.07, 6.45) is 6.84. The fraction of sp³-hybridized carbons (Fsp3) is 0.607. The molecule has 33 heavy (non-hydrogen) atoms. The summed E-state index contributed by atoms with van der Waals surface area (Å²) < 4.78 is 42.2. The summed E-state index contributed by atoms with van der Waals surface area (Å²) in [5.74, 6) is -0.603. The zero-order chi connectivity index (χ0) is 24.9. The summed E-state index contributed by atoms with van der Waals surface area (Å²) in [6, 6.07) is 5.31. The first-order valence-electron chi connectivity index (χ1n) is 12.5. The van der Waals surface area contributed by atoms with Crippen molar-refractivity contribution in [2.45, 2.75) is 105 Å². The number of hydrogen-bond acceptors (Lipinski definition) is 2. The Morgan fingerprint density at radius 2 is 1.52 bits per heavy atom. The van der Waals surface area contributed by atoms with Crippen molar-refractivity contribution >= 4 is 16.9 Å². The predicted octanol–water partition coefficient (Wildman–Crippen LogP) is 8.66. The molecule has 1 aromatic rings. The molecule has 0 aliphatic rings. The molecule has 0 saturated heterocycles. The highest BCUT2D eigenvalue weighted by Gasteiger charge is 2.37. The van der Waals surface area contributed by atoms with Gasteiger partial charge < -0.3 is 5.32 Å². The molecule has 0 atom stereocenters. The minimum Gasteiger partial charge on any atom is -0.388 e. The Morgan fingerprint density at radius 3 is 2.09 bits per heavy atom. The number of benzene rings is 1. The number of unbranched alkanes of at least 4 members (excludes halogenated alkanes) is 7. The largest absolute Gasteiger partial charge is 0.417 e. The van der Waals surface area contributed by atoms with E-state index in [0.29, 0.717) is 17.5 Å². The second kappa shape index (κ2) is 15.0. The van der Waals surface area contributed by atoms with Crippen LogP contribution in [0.1, 0.15) is 109 Å². The van der Waals surface area contributed by atoms with E-state index in [1.54, 1.807) is 12.1 Å². The summed E-state index contributed by atoms with van der Waals surface area (Å²) in [7, 11) is 0. The van der Waals surface area contributed by atoms with Crippen LogP contribution in [0.15, 0.2) is 30.0 Å². The maximum Gasteiger partial charge on any atom is 0.417 e. The third-order valence-corrected chi connectivity index (χ3v) is 6.01. The van der Waals surface area contributed by atoms with Gasteiger partial charge in [0.15, 0.2) is 5.78 Å². The zero-order valence-electron chi connectivity index (χ0n) is 21.1. The highest BCUT2D eigenvalue weighted by Crippen LogP contribution is 2.40. The number of allylic oxidation sites excluding steroid dienone is 4. The normalized spacial score (nSPS) is 13.2. The molecule has 1 rings (SSSR count). The maximum atomic E-state index is 14.1. The van der Waals surface area contributed by atoms with E-state index in [1.807, 2.05) is 26.8 Å². The summed E-state index contributed by atoms with van der Waals surface area (Å²) in [5.41, 5.74) is 2.12. The zero-order valence-corrected chi connectivity index (χ0v) is 21.1. The van der Waals surface area contributed by atoms with Crippen LogP contribution in [0.5, 0.6) is 0 Å².